The highest BCUT2D eigenvalue weighted by Gasteiger charge is 2.31. The third-order valence-electron chi connectivity index (χ3n) is 6.35. The second-order valence-electron chi connectivity index (χ2n) is 8.31. The van der Waals surface area contributed by atoms with E-state index in [4.69, 9.17) is 4.74 Å². The highest BCUT2D eigenvalue weighted by molar-refractivity contribution is 5.94. The van der Waals surface area contributed by atoms with Gasteiger partial charge in [-0.3, -0.25) is 14.7 Å². The number of piperidine rings is 1. The van der Waals surface area contributed by atoms with Crippen molar-refractivity contribution in [3.8, 4) is 0 Å². The molecular weight excluding hydrogens is 362 g/mol. The van der Waals surface area contributed by atoms with E-state index in [0.717, 1.165) is 25.9 Å². The van der Waals surface area contributed by atoms with Crippen LogP contribution in [-0.2, 0) is 17.6 Å². The van der Waals surface area contributed by atoms with E-state index in [1.807, 2.05) is 4.90 Å². The number of amides is 1. The molecule has 0 unspecified atom stereocenters. The second kappa shape index (κ2) is 9.51. The Labute approximate surface area is 173 Å². The Hall–Kier alpha value is -2.24. The van der Waals surface area contributed by atoms with Crippen LogP contribution in [0.4, 0.5) is 0 Å². The molecule has 1 aromatic carbocycles. The molecule has 1 aliphatic heterocycles. The van der Waals surface area contributed by atoms with E-state index in [1.54, 1.807) is 31.6 Å². The Morgan fingerprint density at radius 3 is 2.59 bits per heavy atom. The lowest BCUT2D eigenvalue weighted by Gasteiger charge is -2.38. The van der Waals surface area contributed by atoms with Gasteiger partial charge in [-0.1, -0.05) is 24.3 Å². The first kappa shape index (κ1) is 20.0. The molecule has 0 saturated carbocycles. The average molecular weight is 394 g/mol. The molecule has 0 N–H and O–H groups in total. The summed E-state index contributed by atoms with van der Waals surface area (Å²) in [5.41, 5.74) is 3.72. The van der Waals surface area contributed by atoms with E-state index >= 15 is 0 Å². The minimum atomic E-state index is 0.0786. The number of ether oxygens (including phenoxy) is 1. The van der Waals surface area contributed by atoms with Crippen LogP contribution < -0.4 is 0 Å². The molecule has 1 fully saturated rings. The Morgan fingerprint density at radius 1 is 1.17 bits per heavy atom. The van der Waals surface area contributed by atoms with Crippen LogP contribution in [0.25, 0.3) is 0 Å². The van der Waals surface area contributed by atoms with Crippen LogP contribution in [0.3, 0.4) is 0 Å². The molecule has 1 saturated heterocycles. The fourth-order valence-electron chi connectivity index (χ4n) is 4.84. The van der Waals surface area contributed by atoms with Crippen LogP contribution in [0.2, 0.25) is 0 Å². The van der Waals surface area contributed by atoms with Gasteiger partial charge in [0.25, 0.3) is 5.91 Å². The number of carbonyl (C=O) groups excluding carboxylic acids is 1. The Morgan fingerprint density at radius 2 is 1.90 bits per heavy atom. The van der Waals surface area contributed by atoms with Gasteiger partial charge in [-0.25, -0.2) is 0 Å². The first-order chi connectivity index (χ1) is 14.2. The highest BCUT2D eigenvalue weighted by Crippen LogP contribution is 2.29. The normalized spacial score (nSPS) is 19.8. The van der Waals surface area contributed by atoms with Crippen LogP contribution in [0.5, 0.6) is 0 Å². The topological polar surface area (TPSA) is 45.7 Å². The molecular formula is C24H31N3O2. The Kier molecular flexibility index (Phi) is 6.57. The predicted octanol–water partition coefficient (Wildman–Crippen LogP) is 3.05. The molecule has 5 heteroatoms. The summed E-state index contributed by atoms with van der Waals surface area (Å²) in [6, 6.07) is 13.1. The quantitative estimate of drug-likeness (QED) is 0.725. The second-order valence-corrected chi connectivity index (χ2v) is 8.31. The number of fused-ring (bicyclic) bond motifs is 1. The van der Waals surface area contributed by atoms with Gasteiger partial charge in [-0.2, -0.15) is 0 Å². The minimum absolute atomic E-state index is 0.0786. The van der Waals surface area contributed by atoms with E-state index in [-0.39, 0.29) is 5.91 Å². The van der Waals surface area contributed by atoms with Crippen LogP contribution >= 0.6 is 0 Å². The summed E-state index contributed by atoms with van der Waals surface area (Å²) in [6.07, 6.45) is 8.07. The highest BCUT2D eigenvalue weighted by atomic mass is 16.5. The van der Waals surface area contributed by atoms with Crippen LogP contribution in [0.1, 0.15) is 34.3 Å². The van der Waals surface area contributed by atoms with Crippen molar-refractivity contribution in [1.82, 2.24) is 14.8 Å². The van der Waals surface area contributed by atoms with E-state index in [2.05, 4.69) is 34.1 Å². The van der Waals surface area contributed by atoms with Gasteiger partial charge >= 0.3 is 0 Å². The summed E-state index contributed by atoms with van der Waals surface area (Å²) in [5, 5.41) is 0. The number of rotatable bonds is 7. The molecule has 1 atom stereocenters. The lowest BCUT2D eigenvalue weighted by atomic mass is 9.95. The summed E-state index contributed by atoms with van der Waals surface area (Å²) >= 11 is 0. The van der Waals surface area contributed by atoms with Crippen LogP contribution in [-0.4, -0.2) is 66.6 Å². The van der Waals surface area contributed by atoms with Crippen molar-refractivity contribution in [2.24, 2.45) is 5.92 Å². The van der Waals surface area contributed by atoms with Crippen LogP contribution in [0.15, 0.2) is 48.8 Å². The molecule has 0 bridgehead atoms. The van der Waals surface area contributed by atoms with E-state index in [1.165, 1.54) is 30.5 Å². The maximum Gasteiger partial charge on any atom is 0.254 e. The van der Waals surface area contributed by atoms with Gasteiger partial charge in [0.2, 0.25) is 0 Å². The average Bonchev–Trinajstić information content (AvgIpc) is 3.21. The summed E-state index contributed by atoms with van der Waals surface area (Å²) in [7, 11) is 1.69. The molecule has 4 rings (SSSR count). The molecule has 1 aliphatic carbocycles. The van der Waals surface area contributed by atoms with E-state index in [9.17, 15) is 4.79 Å². The summed E-state index contributed by atoms with van der Waals surface area (Å²) < 4.78 is 5.27. The predicted molar refractivity (Wildman–Crippen MR) is 114 cm³/mol. The van der Waals surface area contributed by atoms with Crippen molar-refractivity contribution in [2.75, 3.05) is 39.9 Å². The molecule has 2 aromatic rings. The largest absolute Gasteiger partial charge is 0.383 e. The first-order valence-electron chi connectivity index (χ1n) is 10.7. The zero-order chi connectivity index (χ0) is 20.1. The third kappa shape index (κ3) is 4.85. The Balaban J connectivity index is 1.39. The van der Waals surface area contributed by atoms with Gasteiger partial charge in [-0.15, -0.1) is 0 Å². The molecule has 2 heterocycles. The summed E-state index contributed by atoms with van der Waals surface area (Å²) in [4.78, 5) is 21.7. The maximum absolute atomic E-state index is 13.0. The molecule has 0 radical (unpaired) electrons. The number of pyridine rings is 1. The molecule has 154 valence electrons. The third-order valence-corrected chi connectivity index (χ3v) is 6.35. The van der Waals surface area contributed by atoms with Gasteiger partial charge in [0.1, 0.15) is 0 Å². The number of hydrogen-bond donors (Lipinski definition) is 0. The number of aromatic nitrogens is 1. The molecule has 1 amide bonds. The van der Waals surface area contributed by atoms with Crippen molar-refractivity contribution in [3.05, 3.63) is 65.5 Å². The molecule has 2 aliphatic rings. The number of benzene rings is 1. The minimum Gasteiger partial charge on any atom is -0.383 e. The number of nitrogens with zero attached hydrogens (tertiary/aromatic N) is 3. The van der Waals surface area contributed by atoms with Crippen molar-refractivity contribution in [2.45, 2.75) is 31.7 Å². The van der Waals surface area contributed by atoms with Crippen molar-refractivity contribution < 1.29 is 9.53 Å². The lowest BCUT2D eigenvalue weighted by molar-refractivity contribution is 0.0573. The van der Waals surface area contributed by atoms with E-state index < -0.39 is 0 Å². The standard InChI is InChI=1S/C24H31N3O2/c1-29-14-13-27(24(28)20-8-10-25-11-9-20)18-19-5-4-12-26(17-19)23-15-21-6-2-3-7-22(21)16-23/h2-3,6-11,19,23H,4-5,12-18H2,1H3/t19-/m0/s1. The van der Waals surface area contributed by atoms with Gasteiger partial charge in [0.15, 0.2) is 0 Å². The SMILES string of the molecule is COCCN(C[C@H]1CCCN(C2Cc3ccccc3C2)C1)C(=O)c1ccncc1. The van der Waals surface area contributed by atoms with Gasteiger partial charge < -0.3 is 9.64 Å². The zero-order valence-electron chi connectivity index (χ0n) is 17.3. The van der Waals surface area contributed by atoms with Crippen molar-refractivity contribution in [1.29, 1.82) is 0 Å². The summed E-state index contributed by atoms with van der Waals surface area (Å²) in [5.74, 6) is 0.588. The number of hydrogen-bond acceptors (Lipinski definition) is 4. The molecule has 0 spiro atoms. The van der Waals surface area contributed by atoms with Crippen molar-refractivity contribution in [3.63, 3.8) is 0 Å². The molecule has 29 heavy (non-hydrogen) atoms. The number of likely N-dealkylation sites (tertiary alicyclic amines) is 1. The molecule has 5 nitrogen and oxygen atoms in total. The summed E-state index contributed by atoms with van der Waals surface area (Å²) in [6.45, 7) is 4.23. The maximum atomic E-state index is 13.0. The first-order valence-corrected chi connectivity index (χ1v) is 10.7. The monoisotopic (exact) mass is 393 g/mol. The lowest BCUT2D eigenvalue weighted by Crippen LogP contribution is -2.47. The Bertz CT molecular complexity index is 786. The van der Waals surface area contributed by atoms with Gasteiger partial charge in [0.05, 0.1) is 6.61 Å². The fourth-order valence-corrected chi connectivity index (χ4v) is 4.84. The number of carbonyl (C=O) groups is 1. The van der Waals surface area contributed by atoms with Gasteiger partial charge in [0, 0.05) is 50.7 Å². The van der Waals surface area contributed by atoms with Gasteiger partial charge in [-0.05, 0) is 61.4 Å². The number of methoxy groups -OCH3 is 1. The van der Waals surface area contributed by atoms with E-state index in [0.29, 0.717) is 30.7 Å². The fraction of sp³-hybridized carbons (Fsp3) is 0.500. The van der Waals surface area contributed by atoms with Crippen molar-refractivity contribution >= 4 is 5.91 Å². The molecule has 1 aromatic heterocycles. The smallest absolute Gasteiger partial charge is 0.254 e. The van der Waals surface area contributed by atoms with Crippen LogP contribution in [0, 0.1) is 5.92 Å². The zero-order valence-corrected chi connectivity index (χ0v) is 17.3.